The molecule has 7 heteroatoms. The molecule has 112 valence electrons. The lowest BCUT2D eigenvalue weighted by atomic mass is 10.2. The van der Waals surface area contributed by atoms with Crippen LogP contribution in [-0.2, 0) is 9.47 Å². The van der Waals surface area contributed by atoms with E-state index in [4.69, 9.17) is 25.4 Å². The summed E-state index contributed by atoms with van der Waals surface area (Å²) < 4.78 is 42.2. The van der Waals surface area contributed by atoms with Crippen LogP contribution in [0.5, 0.6) is 5.75 Å². The molecule has 20 heavy (non-hydrogen) atoms. The van der Waals surface area contributed by atoms with E-state index in [1.165, 1.54) is 0 Å². The van der Waals surface area contributed by atoms with Gasteiger partial charge in [-0.25, -0.2) is 8.78 Å². The number of amidine groups is 1. The van der Waals surface area contributed by atoms with Crippen molar-refractivity contribution in [3.05, 3.63) is 29.3 Å². The second-order valence-electron chi connectivity index (χ2n) is 3.99. The molecule has 0 radical (unpaired) electrons. The van der Waals surface area contributed by atoms with Crippen molar-refractivity contribution in [1.82, 2.24) is 0 Å². The van der Waals surface area contributed by atoms with Gasteiger partial charge in [0.2, 0.25) is 0 Å². The van der Waals surface area contributed by atoms with E-state index in [1.807, 2.05) is 0 Å². The molecular formula is C13H18F2N2O3. The number of ether oxygens (including phenoxy) is 3. The van der Waals surface area contributed by atoms with Gasteiger partial charge in [-0.05, 0) is 12.1 Å². The lowest BCUT2D eigenvalue weighted by molar-refractivity contribution is 0.0640. The molecule has 5 nitrogen and oxygen atoms in total. The molecule has 0 saturated carbocycles. The third kappa shape index (κ3) is 5.10. The summed E-state index contributed by atoms with van der Waals surface area (Å²) in [6.45, 7) is 1.50. The maximum Gasteiger partial charge on any atom is 0.190 e. The van der Waals surface area contributed by atoms with Crippen molar-refractivity contribution < 1.29 is 23.0 Å². The maximum absolute atomic E-state index is 13.6. The van der Waals surface area contributed by atoms with E-state index in [2.05, 4.69) is 0 Å². The second-order valence-corrected chi connectivity index (χ2v) is 3.99. The van der Waals surface area contributed by atoms with Crippen molar-refractivity contribution in [3.8, 4) is 5.75 Å². The van der Waals surface area contributed by atoms with Gasteiger partial charge in [0.1, 0.15) is 5.84 Å². The van der Waals surface area contributed by atoms with Gasteiger partial charge in [-0.3, -0.25) is 5.41 Å². The Labute approximate surface area is 116 Å². The molecule has 0 aliphatic carbocycles. The average Bonchev–Trinajstić information content (AvgIpc) is 2.40. The van der Waals surface area contributed by atoms with E-state index in [-0.39, 0.29) is 12.2 Å². The molecule has 0 spiro atoms. The van der Waals surface area contributed by atoms with E-state index in [9.17, 15) is 8.78 Å². The quantitative estimate of drug-likeness (QED) is 0.412. The summed E-state index contributed by atoms with van der Waals surface area (Å²) in [5, 5.41) is 7.12. The fraction of sp³-hybridized carbons (Fsp3) is 0.462. The van der Waals surface area contributed by atoms with Crippen molar-refractivity contribution in [2.75, 3.05) is 33.5 Å². The van der Waals surface area contributed by atoms with Crippen LogP contribution in [0.25, 0.3) is 0 Å². The molecule has 1 aromatic rings. The van der Waals surface area contributed by atoms with Crippen molar-refractivity contribution >= 4 is 5.84 Å². The average molecular weight is 288 g/mol. The fourth-order valence-corrected chi connectivity index (χ4v) is 1.43. The first kappa shape index (κ1) is 16.3. The normalized spacial score (nSPS) is 10.6. The van der Waals surface area contributed by atoms with E-state index < -0.39 is 23.2 Å². The smallest absolute Gasteiger partial charge is 0.190 e. The Bertz CT molecular complexity index is 432. The van der Waals surface area contributed by atoms with Crippen molar-refractivity contribution in [1.29, 1.82) is 5.41 Å². The molecule has 0 aliphatic rings. The molecule has 0 aliphatic heterocycles. The van der Waals surface area contributed by atoms with Crippen LogP contribution in [0, 0.1) is 17.0 Å². The minimum atomic E-state index is -0.879. The number of rotatable bonds is 9. The lowest BCUT2D eigenvalue weighted by Gasteiger charge is -2.10. The van der Waals surface area contributed by atoms with Gasteiger partial charge < -0.3 is 19.9 Å². The van der Waals surface area contributed by atoms with Gasteiger partial charge in [-0.1, -0.05) is 0 Å². The topological polar surface area (TPSA) is 77.6 Å². The zero-order chi connectivity index (χ0) is 15.0. The molecule has 0 heterocycles. The monoisotopic (exact) mass is 288 g/mol. The van der Waals surface area contributed by atoms with Crippen LogP contribution < -0.4 is 10.5 Å². The Hall–Kier alpha value is -1.73. The summed E-state index contributed by atoms with van der Waals surface area (Å²) in [7, 11) is 1.57. The number of hydrogen-bond donors (Lipinski definition) is 2. The van der Waals surface area contributed by atoms with E-state index in [0.717, 1.165) is 12.1 Å². The third-order valence-electron chi connectivity index (χ3n) is 2.42. The Kier molecular flexibility index (Phi) is 6.89. The molecular weight excluding hydrogens is 270 g/mol. The van der Waals surface area contributed by atoms with Crippen LogP contribution in [0.3, 0.4) is 0 Å². The molecule has 1 rings (SSSR count). The highest BCUT2D eigenvalue weighted by atomic mass is 19.1. The van der Waals surface area contributed by atoms with Gasteiger partial charge in [0, 0.05) is 25.7 Å². The van der Waals surface area contributed by atoms with Crippen LogP contribution in [0.2, 0.25) is 0 Å². The van der Waals surface area contributed by atoms with Gasteiger partial charge in [-0.15, -0.1) is 0 Å². The summed E-state index contributed by atoms with van der Waals surface area (Å²) in [6.07, 6.45) is 0.497. The van der Waals surface area contributed by atoms with Gasteiger partial charge in [0.25, 0.3) is 0 Å². The van der Waals surface area contributed by atoms with Crippen molar-refractivity contribution in [2.24, 2.45) is 5.73 Å². The SMILES string of the molecule is COCCOCCCOc1c(F)cc(C(=N)N)cc1F. The number of benzene rings is 1. The zero-order valence-electron chi connectivity index (χ0n) is 11.2. The zero-order valence-corrected chi connectivity index (χ0v) is 11.2. The van der Waals surface area contributed by atoms with Crippen molar-refractivity contribution in [2.45, 2.75) is 6.42 Å². The molecule has 0 bridgehead atoms. The predicted molar refractivity (Wildman–Crippen MR) is 70.2 cm³/mol. The highest BCUT2D eigenvalue weighted by molar-refractivity contribution is 5.95. The number of nitrogens with one attached hydrogen (secondary N) is 1. The predicted octanol–water partition coefficient (Wildman–Crippen LogP) is 1.68. The Morgan fingerprint density at radius 1 is 1.15 bits per heavy atom. The van der Waals surface area contributed by atoms with Gasteiger partial charge >= 0.3 is 0 Å². The molecule has 1 aromatic carbocycles. The maximum atomic E-state index is 13.6. The number of methoxy groups -OCH3 is 1. The molecule has 0 fully saturated rings. The summed E-state index contributed by atoms with van der Waals surface area (Å²) in [4.78, 5) is 0. The minimum Gasteiger partial charge on any atom is -0.488 e. The highest BCUT2D eigenvalue weighted by Crippen LogP contribution is 2.23. The molecule has 3 N–H and O–H groups in total. The van der Waals surface area contributed by atoms with Crippen molar-refractivity contribution in [3.63, 3.8) is 0 Å². The largest absolute Gasteiger partial charge is 0.488 e. The van der Waals surface area contributed by atoms with Crippen LogP contribution in [0.1, 0.15) is 12.0 Å². The first-order valence-electron chi connectivity index (χ1n) is 6.09. The minimum absolute atomic E-state index is 0.0183. The summed E-state index contributed by atoms with van der Waals surface area (Å²) in [5.41, 5.74) is 5.15. The molecule has 0 amide bonds. The standard InChI is InChI=1S/C13H18F2N2O3/c1-18-5-6-19-3-2-4-20-12-10(14)7-9(13(16)17)8-11(12)15/h7-8H,2-6H2,1H3,(H3,16,17). The Morgan fingerprint density at radius 2 is 1.80 bits per heavy atom. The Balaban J connectivity index is 2.42. The highest BCUT2D eigenvalue weighted by Gasteiger charge is 2.13. The molecule has 0 atom stereocenters. The van der Waals surface area contributed by atoms with Gasteiger partial charge in [0.15, 0.2) is 17.4 Å². The van der Waals surface area contributed by atoms with Gasteiger partial charge in [-0.2, -0.15) is 0 Å². The number of halogens is 2. The number of hydrogen-bond acceptors (Lipinski definition) is 4. The second kappa shape index (κ2) is 8.44. The molecule has 0 saturated heterocycles. The number of nitrogens with two attached hydrogens (primary N) is 1. The van der Waals surface area contributed by atoms with Crippen LogP contribution in [0.15, 0.2) is 12.1 Å². The lowest BCUT2D eigenvalue weighted by Crippen LogP contribution is -2.13. The summed E-state index contributed by atoms with van der Waals surface area (Å²) in [6, 6.07) is 1.94. The van der Waals surface area contributed by atoms with Gasteiger partial charge in [0.05, 0.1) is 19.8 Å². The van der Waals surface area contributed by atoms with E-state index in [0.29, 0.717) is 26.2 Å². The van der Waals surface area contributed by atoms with E-state index in [1.54, 1.807) is 7.11 Å². The van der Waals surface area contributed by atoms with Crippen LogP contribution in [0.4, 0.5) is 8.78 Å². The molecule has 0 aromatic heterocycles. The van der Waals surface area contributed by atoms with E-state index >= 15 is 0 Å². The number of nitrogen functional groups attached to an aromatic ring is 1. The van der Waals surface area contributed by atoms with Crippen LogP contribution >= 0.6 is 0 Å². The summed E-state index contributed by atoms with van der Waals surface area (Å²) in [5.74, 6) is -2.63. The van der Waals surface area contributed by atoms with Crippen LogP contribution in [-0.4, -0.2) is 39.4 Å². The fourth-order valence-electron chi connectivity index (χ4n) is 1.43. The molecule has 0 unspecified atom stereocenters. The Morgan fingerprint density at radius 3 is 2.35 bits per heavy atom. The summed E-state index contributed by atoms with van der Waals surface area (Å²) >= 11 is 0. The first-order chi connectivity index (χ1) is 9.56. The first-order valence-corrected chi connectivity index (χ1v) is 6.09. The third-order valence-corrected chi connectivity index (χ3v) is 2.42.